The van der Waals surface area contributed by atoms with Gasteiger partial charge in [0.05, 0.1) is 5.66 Å². The predicted molar refractivity (Wildman–Crippen MR) is 65.0 cm³/mol. The maximum absolute atomic E-state index is 11.7. The molecule has 1 heterocycles. The average Bonchev–Trinajstić information content (AvgIpc) is 2.60. The summed E-state index contributed by atoms with van der Waals surface area (Å²) in [5.74, 6) is -0.524. The van der Waals surface area contributed by atoms with Crippen molar-refractivity contribution in [2.24, 2.45) is 5.41 Å². The molecule has 1 rings (SSSR count). The molecule has 3 amide bonds. The van der Waals surface area contributed by atoms with Gasteiger partial charge in [-0.05, 0) is 12.8 Å². The summed E-state index contributed by atoms with van der Waals surface area (Å²) in [6.07, 6.45) is 0.766. The maximum Gasteiger partial charge on any atom is 0.328 e. The molecule has 7 nitrogen and oxygen atoms in total. The Morgan fingerprint density at radius 1 is 1.33 bits per heavy atom. The Hall–Kier alpha value is -0.910. The van der Waals surface area contributed by atoms with Crippen molar-refractivity contribution in [3.8, 4) is 0 Å². The first kappa shape index (κ1) is 15.1. The van der Waals surface area contributed by atoms with E-state index in [2.05, 4.69) is 10.6 Å². The number of carbonyl (C=O) groups excluding carboxylic acids is 2. The third-order valence-corrected chi connectivity index (χ3v) is 5.53. The number of hydrogen-bond acceptors (Lipinski definition) is 3. The molecule has 0 bridgehead atoms. The van der Waals surface area contributed by atoms with E-state index in [0.29, 0.717) is 12.8 Å². The molecule has 0 aliphatic carbocycles. The van der Waals surface area contributed by atoms with Crippen LogP contribution in [0.25, 0.3) is 0 Å². The van der Waals surface area contributed by atoms with Crippen molar-refractivity contribution in [3.05, 3.63) is 0 Å². The number of imide groups is 1. The van der Waals surface area contributed by atoms with E-state index in [1.165, 1.54) is 6.92 Å². The van der Waals surface area contributed by atoms with Gasteiger partial charge in [-0.2, -0.15) is 0 Å². The Labute approximate surface area is 105 Å². The second kappa shape index (κ2) is 4.99. The Morgan fingerprint density at radius 2 is 1.83 bits per heavy atom. The lowest BCUT2D eigenvalue weighted by molar-refractivity contribution is -0.123. The van der Waals surface area contributed by atoms with E-state index in [-0.39, 0.29) is 0 Å². The van der Waals surface area contributed by atoms with E-state index in [4.69, 9.17) is 0 Å². The van der Waals surface area contributed by atoms with Gasteiger partial charge >= 0.3 is 13.6 Å². The molecule has 1 fully saturated rings. The first-order valence-electron chi connectivity index (χ1n) is 5.85. The van der Waals surface area contributed by atoms with Gasteiger partial charge in [0.2, 0.25) is 0 Å². The van der Waals surface area contributed by atoms with Crippen molar-refractivity contribution in [1.82, 2.24) is 10.6 Å². The van der Waals surface area contributed by atoms with E-state index >= 15 is 0 Å². The average molecular weight is 278 g/mol. The van der Waals surface area contributed by atoms with Gasteiger partial charge in [-0.25, -0.2) is 4.79 Å². The normalized spacial score (nSPS) is 22.6. The molecular weight excluding hydrogens is 259 g/mol. The van der Waals surface area contributed by atoms with Crippen LogP contribution < -0.4 is 10.6 Å². The minimum atomic E-state index is -4.34. The number of rotatable bonds is 5. The van der Waals surface area contributed by atoms with E-state index in [1.54, 1.807) is 13.8 Å². The zero-order valence-electron chi connectivity index (χ0n) is 10.6. The van der Waals surface area contributed by atoms with Crippen LogP contribution in [0, 0.1) is 5.41 Å². The molecule has 2 unspecified atom stereocenters. The minimum absolute atomic E-state index is 0.383. The third kappa shape index (κ3) is 2.43. The van der Waals surface area contributed by atoms with Crippen molar-refractivity contribution >= 4 is 19.5 Å². The van der Waals surface area contributed by atoms with Crippen LogP contribution in [0.15, 0.2) is 0 Å². The molecule has 0 radical (unpaired) electrons. The summed E-state index contributed by atoms with van der Waals surface area (Å²) in [5.41, 5.74) is -1.95. The highest BCUT2D eigenvalue weighted by Crippen LogP contribution is 2.54. The van der Waals surface area contributed by atoms with E-state index in [0.717, 1.165) is 0 Å². The predicted octanol–water partition coefficient (Wildman–Crippen LogP) is 0.567. The van der Waals surface area contributed by atoms with Crippen LogP contribution in [0.3, 0.4) is 0 Å². The summed E-state index contributed by atoms with van der Waals surface area (Å²) in [6, 6.07) is -1.52. The fraction of sp³-hybridized carbons (Fsp3) is 0.800. The Bertz CT molecular complexity index is 401. The van der Waals surface area contributed by atoms with Crippen LogP contribution in [0.4, 0.5) is 4.79 Å². The van der Waals surface area contributed by atoms with Crippen LogP contribution in [-0.4, -0.2) is 33.4 Å². The number of amides is 3. The fourth-order valence-electron chi connectivity index (χ4n) is 2.65. The van der Waals surface area contributed by atoms with Gasteiger partial charge in [-0.15, -0.1) is 0 Å². The Morgan fingerprint density at radius 3 is 2.11 bits per heavy atom. The zero-order chi connectivity index (χ0) is 14.1. The van der Waals surface area contributed by atoms with Gasteiger partial charge in [0, 0.05) is 5.41 Å². The van der Waals surface area contributed by atoms with Crippen molar-refractivity contribution < 1.29 is 23.9 Å². The van der Waals surface area contributed by atoms with E-state index in [1.807, 2.05) is 0 Å². The van der Waals surface area contributed by atoms with E-state index < -0.39 is 36.6 Å². The van der Waals surface area contributed by atoms with Crippen molar-refractivity contribution in [2.75, 3.05) is 0 Å². The lowest BCUT2D eigenvalue weighted by Gasteiger charge is -2.41. The van der Waals surface area contributed by atoms with Crippen LogP contribution >= 0.6 is 7.60 Å². The van der Waals surface area contributed by atoms with Gasteiger partial charge in [-0.1, -0.05) is 20.8 Å². The van der Waals surface area contributed by atoms with Crippen LogP contribution in [0.2, 0.25) is 0 Å². The first-order valence-corrected chi connectivity index (χ1v) is 7.53. The Balaban J connectivity index is 3.19. The molecule has 1 saturated heterocycles. The molecule has 4 N–H and O–H groups in total. The smallest absolute Gasteiger partial charge is 0.325 e. The number of nitrogens with one attached hydrogen (secondary N) is 2. The third-order valence-electron chi connectivity index (χ3n) is 4.00. The summed E-state index contributed by atoms with van der Waals surface area (Å²) < 4.78 is 11.5. The lowest BCUT2D eigenvalue weighted by Crippen LogP contribution is -2.51. The summed E-state index contributed by atoms with van der Waals surface area (Å²) in [5, 5.41) is 4.56. The SMILES string of the molecule is CCC(CC)(C1NC(=O)NC1=O)C(C)P(=O)(O)O. The van der Waals surface area contributed by atoms with Crippen LogP contribution in [0.5, 0.6) is 0 Å². The largest absolute Gasteiger partial charge is 0.328 e. The van der Waals surface area contributed by atoms with Gasteiger partial charge in [0.15, 0.2) is 0 Å². The summed E-state index contributed by atoms with van der Waals surface area (Å²) in [7, 11) is -4.34. The monoisotopic (exact) mass is 278 g/mol. The highest BCUT2D eigenvalue weighted by Gasteiger charge is 2.53. The molecule has 0 aromatic carbocycles. The summed E-state index contributed by atoms with van der Waals surface area (Å²) in [4.78, 5) is 41.6. The minimum Gasteiger partial charge on any atom is -0.325 e. The van der Waals surface area contributed by atoms with Crippen LogP contribution in [-0.2, 0) is 9.36 Å². The molecule has 0 spiro atoms. The fourth-order valence-corrected chi connectivity index (χ4v) is 3.83. The molecular formula is C10H19N2O5P. The zero-order valence-corrected chi connectivity index (χ0v) is 11.5. The molecule has 2 atom stereocenters. The molecule has 104 valence electrons. The highest BCUT2D eigenvalue weighted by atomic mass is 31.2. The van der Waals surface area contributed by atoms with Gasteiger partial charge < -0.3 is 15.1 Å². The standard InChI is InChI=1S/C10H19N2O5P/c1-4-10(5-2,6(3)18(15,16)17)7-8(13)12-9(14)11-7/h6-7H,4-5H2,1-3H3,(H2,15,16,17)(H2,11,12,13,14). The number of hydrogen-bond donors (Lipinski definition) is 4. The second-order valence-electron chi connectivity index (χ2n) is 4.60. The van der Waals surface area contributed by atoms with Crippen LogP contribution in [0.1, 0.15) is 33.6 Å². The number of carbonyl (C=O) groups is 2. The lowest BCUT2D eigenvalue weighted by atomic mass is 9.73. The van der Waals surface area contributed by atoms with Crippen molar-refractivity contribution in [3.63, 3.8) is 0 Å². The molecule has 0 saturated carbocycles. The quantitative estimate of drug-likeness (QED) is 0.433. The molecule has 1 aliphatic heterocycles. The van der Waals surface area contributed by atoms with Gasteiger partial charge in [0.1, 0.15) is 6.04 Å². The summed E-state index contributed by atoms with van der Waals surface area (Å²) >= 11 is 0. The number of urea groups is 1. The van der Waals surface area contributed by atoms with Crippen molar-refractivity contribution in [1.29, 1.82) is 0 Å². The maximum atomic E-state index is 11.7. The first-order chi connectivity index (χ1) is 8.19. The second-order valence-corrected chi connectivity index (χ2v) is 6.55. The molecule has 1 aliphatic rings. The molecule has 0 aromatic heterocycles. The van der Waals surface area contributed by atoms with Gasteiger partial charge in [0.25, 0.3) is 5.91 Å². The highest BCUT2D eigenvalue weighted by molar-refractivity contribution is 7.52. The molecule has 18 heavy (non-hydrogen) atoms. The molecule has 0 aromatic rings. The van der Waals surface area contributed by atoms with E-state index in [9.17, 15) is 23.9 Å². The van der Waals surface area contributed by atoms with Gasteiger partial charge in [-0.3, -0.25) is 14.7 Å². The molecule has 8 heteroatoms. The topological polar surface area (TPSA) is 116 Å². The Kier molecular flexibility index (Phi) is 4.20. The summed E-state index contributed by atoms with van der Waals surface area (Å²) in [6.45, 7) is 4.94. The van der Waals surface area contributed by atoms with Crippen molar-refractivity contribution in [2.45, 2.75) is 45.3 Å².